The molecule has 0 radical (unpaired) electrons. The number of benzene rings is 3. The molecule has 4 aromatic rings. The number of rotatable bonds is 6. The van der Waals surface area contributed by atoms with Gasteiger partial charge in [-0.3, -0.25) is 4.98 Å². The topological polar surface area (TPSA) is 87.6 Å². The van der Waals surface area contributed by atoms with Gasteiger partial charge in [-0.1, -0.05) is 39.7 Å². The van der Waals surface area contributed by atoms with Crippen LogP contribution in [0.3, 0.4) is 0 Å². The summed E-state index contributed by atoms with van der Waals surface area (Å²) in [7, 11) is 1.50. The predicted octanol–water partition coefficient (Wildman–Crippen LogP) is 6.70. The normalized spacial score (nSPS) is 10.9. The Morgan fingerprint density at radius 2 is 2.00 bits per heavy atom. The molecule has 4 rings (SSSR count). The highest BCUT2D eigenvalue weighted by atomic mass is 79.9. The molecule has 0 atom stereocenters. The number of urea groups is 1. The van der Waals surface area contributed by atoms with Gasteiger partial charge in [0.15, 0.2) is 0 Å². The summed E-state index contributed by atoms with van der Waals surface area (Å²) in [5, 5.41) is 10.6. The summed E-state index contributed by atoms with van der Waals surface area (Å²) in [4.78, 5) is 16.8. The summed E-state index contributed by atoms with van der Waals surface area (Å²) < 4.78 is 19.8. The van der Waals surface area contributed by atoms with Crippen molar-refractivity contribution >= 4 is 67.7 Å². The summed E-state index contributed by atoms with van der Waals surface area (Å²) in [6.45, 7) is 0. The second kappa shape index (κ2) is 10.5. The highest BCUT2D eigenvalue weighted by Gasteiger charge is 2.12. The maximum atomic E-state index is 13.5. The third kappa shape index (κ3) is 5.62. The second-order valence-corrected chi connectivity index (χ2v) is 8.38. The molecule has 0 fully saturated rings. The zero-order chi connectivity index (χ0) is 24.1. The number of halogens is 3. The lowest BCUT2D eigenvalue weighted by molar-refractivity contribution is 0.252. The van der Waals surface area contributed by atoms with Crippen LogP contribution in [0.25, 0.3) is 10.9 Å². The molecule has 0 aliphatic carbocycles. The molecule has 10 heteroatoms. The van der Waals surface area contributed by atoms with Gasteiger partial charge in [0.25, 0.3) is 0 Å². The lowest BCUT2D eigenvalue weighted by atomic mass is 10.1. The summed E-state index contributed by atoms with van der Waals surface area (Å²) in [5.41, 5.74) is 5.59. The van der Waals surface area contributed by atoms with Crippen molar-refractivity contribution in [2.24, 2.45) is 5.10 Å². The third-order valence-corrected chi connectivity index (χ3v) is 5.52. The Morgan fingerprint density at radius 3 is 2.76 bits per heavy atom. The van der Waals surface area contributed by atoms with Crippen LogP contribution >= 0.6 is 27.5 Å². The van der Waals surface area contributed by atoms with E-state index < -0.39 is 11.8 Å². The minimum Gasteiger partial charge on any atom is -0.494 e. The number of nitrogens with one attached hydrogen (secondary N) is 3. The zero-order valence-corrected chi connectivity index (χ0v) is 20.1. The van der Waals surface area contributed by atoms with Crippen LogP contribution in [0.1, 0.15) is 5.56 Å². The maximum absolute atomic E-state index is 13.5. The number of carbonyl (C=O) groups is 1. The standard InChI is InChI=1S/C24H18BrClFN5O2/c1-34-23-12-21-17(20(7-8-28-21)30-16-5-6-19(27)18(26)10-16)11-22(23)31-24(33)32-29-13-14-3-2-4-15(25)9-14/h2-13H,1H3,(H,28,30)(H2,31,32,33)/b29-13+. The smallest absolute Gasteiger partial charge is 0.339 e. The lowest BCUT2D eigenvalue weighted by Crippen LogP contribution is -2.24. The fourth-order valence-corrected chi connectivity index (χ4v) is 3.78. The van der Waals surface area contributed by atoms with Gasteiger partial charge >= 0.3 is 6.03 Å². The van der Waals surface area contributed by atoms with Gasteiger partial charge in [0.1, 0.15) is 11.6 Å². The molecule has 0 unspecified atom stereocenters. The van der Waals surface area contributed by atoms with Gasteiger partial charge in [0.2, 0.25) is 0 Å². The Bertz CT molecular complexity index is 1400. The Balaban J connectivity index is 1.57. The zero-order valence-electron chi connectivity index (χ0n) is 17.8. The van der Waals surface area contributed by atoms with Gasteiger partial charge in [-0.15, -0.1) is 0 Å². The molecule has 34 heavy (non-hydrogen) atoms. The van der Waals surface area contributed by atoms with E-state index in [4.69, 9.17) is 16.3 Å². The number of methoxy groups -OCH3 is 1. The molecule has 1 aromatic heterocycles. The fraction of sp³-hybridized carbons (Fsp3) is 0.0417. The molecule has 3 aromatic carbocycles. The Kier molecular flexibility index (Phi) is 7.24. The molecule has 0 saturated heterocycles. The monoisotopic (exact) mass is 541 g/mol. The second-order valence-electron chi connectivity index (χ2n) is 7.06. The van der Waals surface area contributed by atoms with Crippen LogP contribution in [-0.4, -0.2) is 24.3 Å². The number of hydrazone groups is 1. The number of aromatic nitrogens is 1. The first kappa shape index (κ1) is 23.5. The molecule has 0 saturated carbocycles. The SMILES string of the molecule is COc1cc2nccc(Nc3ccc(F)c(Cl)c3)c2cc1NC(=O)N/N=C/c1cccc(Br)c1. The van der Waals surface area contributed by atoms with Crippen LogP contribution < -0.4 is 20.8 Å². The van der Waals surface area contributed by atoms with E-state index in [-0.39, 0.29) is 5.02 Å². The lowest BCUT2D eigenvalue weighted by Gasteiger charge is -2.14. The average molecular weight is 543 g/mol. The molecule has 172 valence electrons. The molecule has 1 heterocycles. The number of hydrogen-bond acceptors (Lipinski definition) is 5. The number of amides is 2. The van der Waals surface area contributed by atoms with E-state index in [9.17, 15) is 9.18 Å². The van der Waals surface area contributed by atoms with Gasteiger partial charge < -0.3 is 15.4 Å². The van der Waals surface area contributed by atoms with Crippen molar-refractivity contribution in [3.8, 4) is 5.75 Å². The van der Waals surface area contributed by atoms with E-state index in [0.717, 1.165) is 10.0 Å². The minimum atomic E-state index is -0.549. The molecular formula is C24H18BrClFN5O2. The van der Waals surface area contributed by atoms with Crippen LogP contribution in [0.2, 0.25) is 5.02 Å². The van der Waals surface area contributed by atoms with Crippen LogP contribution in [0.5, 0.6) is 5.75 Å². The Labute approximate surface area is 208 Å². The number of ether oxygens (including phenoxy) is 1. The number of carbonyl (C=O) groups excluding carboxylic acids is 1. The first-order chi connectivity index (χ1) is 16.4. The highest BCUT2D eigenvalue weighted by molar-refractivity contribution is 9.10. The summed E-state index contributed by atoms with van der Waals surface area (Å²) in [6.07, 6.45) is 3.16. The highest BCUT2D eigenvalue weighted by Crippen LogP contribution is 2.34. The minimum absolute atomic E-state index is 0.00692. The quantitative estimate of drug-likeness (QED) is 0.187. The van der Waals surface area contributed by atoms with Crippen molar-refractivity contribution in [2.45, 2.75) is 0 Å². The predicted molar refractivity (Wildman–Crippen MR) is 137 cm³/mol. The van der Waals surface area contributed by atoms with Crippen LogP contribution in [0.15, 0.2) is 76.4 Å². The molecule has 7 nitrogen and oxygen atoms in total. The van der Waals surface area contributed by atoms with Crippen LogP contribution in [0, 0.1) is 5.82 Å². The summed E-state index contributed by atoms with van der Waals surface area (Å²) >= 11 is 9.28. The third-order valence-electron chi connectivity index (χ3n) is 4.74. The number of anilines is 3. The van der Waals surface area contributed by atoms with Gasteiger partial charge in [0, 0.05) is 33.5 Å². The van der Waals surface area contributed by atoms with Crippen molar-refractivity contribution < 1.29 is 13.9 Å². The molecular weight excluding hydrogens is 525 g/mol. The van der Waals surface area contributed by atoms with E-state index in [1.54, 1.807) is 30.5 Å². The van der Waals surface area contributed by atoms with Crippen molar-refractivity contribution in [3.63, 3.8) is 0 Å². The molecule has 0 bridgehead atoms. The Hall–Kier alpha value is -3.69. The van der Waals surface area contributed by atoms with E-state index >= 15 is 0 Å². The summed E-state index contributed by atoms with van der Waals surface area (Å²) in [6, 6.07) is 16.5. The van der Waals surface area contributed by atoms with Crippen molar-refractivity contribution in [1.82, 2.24) is 10.4 Å². The Morgan fingerprint density at radius 1 is 1.15 bits per heavy atom. The van der Waals surface area contributed by atoms with Crippen molar-refractivity contribution in [3.05, 3.63) is 87.7 Å². The maximum Gasteiger partial charge on any atom is 0.339 e. The molecule has 0 aliphatic heterocycles. The first-order valence-corrected chi connectivity index (χ1v) is 11.1. The van der Waals surface area contributed by atoms with E-state index in [1.165, 1.54) is 25.5 Å². The van der Waals surface area contributed by atoms with Crippen molar-refractivity contribution in [1.29, 1.82) is 0 Å². The number of pyridine rings is 1. The number of hydrogen-bond donors (Lipinski definition) is 3. The summed E-state index contributed by atoms with van der Waals surface area (Å²) in [5.74, 6) is -0.0790. The number of nitrogens with zero attached hydrogens (tertiary/aromatic N) is 2. The van der Waals surface area contributed by atoms with E-state index in [1.807, 2.05) is 24.3 Å². The van der Waals surface area contributed by atoms with E-state index in [0.29, 0.717) is 33.7 Å². The van der Waals surface area contributed by atoms with Crippen LogP contribution in [-0.2, 0) is 0 Å². The van der Waals surface area contributed by atoms with Gasteiger partial charge in [-0.2, -0.15) is 5.10 Å². The fourth-order valence-electron chi connectivity index (χ4n) is 3.18. The van der Waals surface area contributed by atoms with Crippen LogP contribution in [0.4, 0.5) is 26.2 Å². The van der Waals surface area contributed by atoms with Gasteiger partial charge in [-0.05, 0) is 48.0 Å². The van der Waals surface area contributed by atoms with Gasteiger partial charge in [0.05, 0.1) is 29.6 Å². The van der Waals surface area contributed by atoms with E-state index in [2.05, 4.69) is 42.1 Å². The molecule has 0 aliphatic rings. The first-order valence-electron chi connectivity index (χ1n) is 9.97. The molecule has 2 amide bonds. The average Bonchev–Trinajstić information content (AvgIpc) is 2.81. The molecule has 0 spiro atoms. The number of fused-ring (bicyclic) bond motifs is 1. The largest absolute Gasteiger partial charge is 0.494 e. The van der Waals surface area contributed by atoms with Crippen molar-refractivity contribution in [2.75, 3.05) is 17.7 Å². The molecule has 3 N–H and O–H groups in total. The van der Waals surface area contributed by atoms with Gasteiger partial charge in [-0.25, -0.2) is 14.6 Å².